The molecule has 0 saturated heterocycles. The molecule has 0 bridgehead atoms. The number of methoxy groups -OCH3 is 1. The molecule has 0 aliphatic heterocycles. The van der Waals surface area contributed by atoms with Crippen LogP contribution < -0.4 is 9.16 Å². The van der Waals surface area contributed by atoms with Crippen LogP contribution in [0, 0.1) is 20.8 Å². The molecule has 3 aromatic carbocycles. The van der Waals surface area contributed by atoms with Crippen molar-refractivity contribution < 1.29 is 19.4 Å². The SMILES string of the molecule is COc1c(-c2ccccc2)ccc(C)c1N(Cl)C(=O)c1c(C)cc(C(=O)O)cc1C. The smallest absolute Gasteiger partial charge is 0.335 e. The number of aromatic carboxylic acids is 1. The fourth-order valence-corrected chi connectivity index (χ4v) is 3.88. The van der Waals surface area contributed by atoms with Crippen LogP contribution in [0.1, 0.15) is 37.4 Å². The van der Waals surface area contributed by atoms with E-state index >= 15 is 0 Å². The normalized spacial score (nSPS) is 10.6. The highest BCUT2D eigenvalue weighted by molar-refractivity contribution is 6.40. The second-order valence-electron chi connectivity index (χ2n) is 7.05. The zero-order valence-corrected chi connectivity index (χ0v) is 17.9. The number of nitrogens with zero attached hydrogens (tertiary/aromatic N) is 1. The van der Waals surface area contributed by atoms with Crippen molar-refractivity contribution in [2.24, 2.45) is 0 Å². The van der Waals surface area contributed by atoms with E-state index in [0.717, 1.165) is 21.1 Å². The molecule has 0 unspecified atom stereocenters. The van der Waals surface area contributed by atoms with E-state index in [1.807, 2.05) is 49.4 Å². The van der Waals surface area contributed by atoms with Crippen molar-refractivity contribution in [1.82, 2.24) is 0 Å². The molecule has 0 saturated carbocycles. The molecule has 1 amide bonds. The van der Waals surface area contributed by atoms with Gasteiger partial charge in [0.2, 0.25) is 0 Å². The van der Waals surface area contributed by atoms with Crippen LogP contribution >= 0.6 is 11.8 Å². The highest BCUT2D eigenvalue weighted by atomic mass is 35.5. The predicted molar refractivity (Wildman–Crippen MR) is 119 cm³/mol. The molecule has 5 nitrogen and oxygen atoms in total. The zero-order valence-electron chi connectivity index (χ0n) is 17.2. The Morgan fingerprint density at radius 1 is 0.933 bits per heavy atom. The van der Waals surface area contributed by atoms with Crippen LogP contribution in [0.25, 0.3) is 11.1 Å². The maximum absolute atomic E-state index is 13.3. The Morgan fingerprint density at radius 3 is 2.07 bits per heavy atom. The topological polar surface area (TPSA) is 66.8 Å². The average Bonchev–Trinajstić information content (AvgIpc) is 2.72. The minimum atomic E-state index is -1.05. The molecule has 0 atom stereocenters. The summed E-state index contributed by atoms with van der Waals surface area (Å²) in [5.74, 6) is -1.01. The number of halogens is 1. The molecule has 6 heteroatoms. The Balaban J connectivity index is 2.13. The summed E-state index contributed by atoms with van der Waals surface area (Å²) < 4.78 is 6.73. The highest BCUT2D eigenvalue weighted by Gasteiger charge is 2.26. The molecule has 1 N–H and O–H groups in total. The summed E-state index contributed by atoms with van der Waals surface area (Å²) in [4.78, 5) is 24.6. The molecule has 0 spiro atoms. The Kier molecular flexibility index (Phi) is 6.13. The molecule has 3 aromatic rings. The minimum absolute atomic E-state index is 0.127. The molecule has 0 heterocycles. The van der Waals surface area contributed by atoms with Crippen LogP contribution in [-0.2, 0) is 0 Å². The molecular weight excluding hydrogens is 402 g/mol. The van der Waals surface area contributed by atoms with Gasteiger partial charge in [0.25, 0.3) is 5.91 Å². The number of carboxylic acids is 1. The summed E-state index contributed by atoms with van der Waals surface area (Å²) in [5, 5.41) is 9.26. The second kappa shape index (κ2) is 8.59. The fourth-order valence-electron chi connectivity index (χ4n) is 3.59. The first-order chi connectivity index (χ1) is 14.3. The van der Waals surface area contributed by atoms with Gasteiger partial charge in [-0.15, -0.1) is 0 Å². The highest BCUT2D eigenvalue weighted by Crippen LogP contribution is 2.42. The van der Waals surface area contributed by atoms with Crippen molar-refractivity contribution >= 4 is 29.3 Å². The number of rotatable bonds is 5. The van der Waals surface area contributed by atoms with Crippen molar-refractivity contribution in [3.63, 3.8) is 0 Å². The number of hydrogen-bond acceptors (Lipinski definition) is 3. The largest absolute Gasteiger partial charge is 0.494 e. The first kappa shape index (κ1) is 21.4. The quantitative estimate of drug-likeness (QED) is 0.527. The van der Waals surface area contributed by atoms with Crippen molar-refractivity contribution in [3.05, 3.63) is 82.4 Å². The van der Waals surface area contributed by atoms with Crippen molar-refractivity contribution in [1.29, 1.82) is 0 Å². The van der Waals surface area contributed by atoms with E-state index in [-0.39, 0.29) is 5.56 Å². The number of amides is 1. The Bertz CT molecular complexity index is 1100. The minimum Gasteiger partial charge on any atom is -0.494 e. The summed E-state index contributed by atoms with van der Waals surface area (Å²) >= 11 is 6.57. The van der Waals surface area contributed by atoms with Gasteiger partial charge in [0, 0.05) is 22.9 Å². The maximum Gasteiger partial charge on any atom is 0.335 e. The summed E-state index contributed by atoms with van der Waals surface area (Å²) in [5.41, 5.74) is 4.54. The van der Waals surface area contributed by atoms with Gasteiger partial charge in [0.15, 0.2) is 5.75 Å². The average molecular weight is 424 g/mol. The molecule has 30 heavy (non-hydrogen) atoms. The van der Waals surface area contributed by atoms with Crippen molar-refractivity contribution in [3.8, 4) is 16.9 Å². The molecule has 3 rings (SSSR count). The van der Waals surface area contributed by atoms with Crippen LogP contribution in [0.15, 0.2) is 54.6 Å². The van der Waals surface area contributed by atoms with Gasteiger partial charge in [-0.2, -0.15) is 0 Å². The predicted octanol–water partition coefficient (Wildman–Crippen LogP) is 5.79. The van der Waals surface area contributed by atoms with Crippen LogP contribution in [0.2, 0.25) is 0 Å². The number of aryl methyl sites for hydroxylation is 3. The number of carboxylic acid groups (broad SMARTS) is 1. The lowest BCUT2D eigenvalue weighted by molar-refractivity contribution is 0.0696. The Labute approximate surface area is 180 Å². The molecule has 0 fully saturated rings. The van der Waals surface area contributed by atoms with E-state index in [1.165, 1.54) is 19.2 Å². The van der Waals surface area contributed by atoms with Crippen LogP contribution in [0.3, 0.4) is 0 Å². The zero-order chi connectivity index (χ0) is 22.0. The van der Waals surface area contributed by atoms with E-state index in [1.54, 1.807) is 13.8 Å². The third-order valence-corrected chi connectivity index (χ3v) is 5.31. The molecule has 154 valence electrons. The lowest BCUT2D eigenvalue weighted by Gasteiger charge is -2.23. The van der Waals surface area contributed by atoms with Gasteiger partial charge in [-0.3, -0.25) is 4.79 Å². The van der Waals surface area contributed by atoms with Gasteiger partial charge in [-0.05, 0) is 55.2 Å². The third-order valence-electron chi connectivity index (χ3n) is 4.99. The van der Waals surface area contributed by atoms with E-state index in [9.17, 15) is 14.7 Å². The van der Waals surface area contributed by atoms with Gasteiger partial charge < -0.3 is 9.84 Å². The fraction of sp³-hybridized carbons (Fsp3) is 0.167. The van der Waals surface area contributed by atoms with Gasteiger partial charge in [-0.25, -0.2) is 9.21 Å². The molecular formula is C24H22ClNO4. The van der Waals surface area contributed by atoms with Gasteiger partial charge in [-0.1, -0.05) is 42.5 Å². The van der Waals surface area contributed by atoms with Gasteiger partial charge in [0.1, 0.15) is 5.69 Å². The molecule has 0 radical (unpaired) electrons. The number of benzene rings is 3. The first-order valence-corrected chi connectivity index (χ1v) is 9.67. The number of carbonyl (C=O) groups excluding carboxylic acids is 1. The summed E-state index contributed by atoms with van der Waals surface area (Å²) in [6.07, 6.45) is 0. The van der Waals surface area contributed by atoms with Crippen LogP contribution in [0.4, 0.5) is 5.69 Å². The van der Waals surface area contributed by atoms with Crippen LogP contribution in [-0.4, -0.2) is 24.1 Å². The Hall–Kier alpha value is -3.31. The summed E-state index contributed by atoms with van der Waals surface area (Å²) in [6, 6.07) is 16.4. The lowest BCUT2D eigenvalue weighted by Crippen LogP contribution is -2.24. The van der Waals surface area contributed by atoms with Gasteiger partial charge >= 0.3 is 5.97 Å². The second-order valence-corrected chi connectivity index (χ2v) is 7.39. The van der Waals surface area contributed by atoms with Crippen LogP contribution in [0.5, 0.6) is 5.75 Å². The Morgan fingerprint density at radius 2 is 1.53 bits per heavy atom. The van der Waals surface area contributed by atoms with E-state index in [2.05, 4.69) is 0 Å². The van der Waals surface area contributed by atoms with Gasteiger partial charge in [0.05, 0.1) is 12.7 Å². The number of carbonyl (C=O) groups is 2. The van der Waals surface area contributed by atoms with Crippen molar-refractivity contribution in [2.75, 3.05) is 11.5 Å². The monoisotopic (exact) mass is 423 g/mol. The lowest BCUT2D eigenvalue weighted by atomic mass is 9.97. The summed E-state index contributed by atoms with van der Waals surface area (Å²) in [7, 11) is 1.54. The van der Waals surface area contributed by atoms with Crippen molar-refractivity contribution in [2.45, 2.75) is 20.8 Å². The number of ether oxygens (including phenoxy) is 1. The number of anilines is 1. The summed E-state index contributed by atoms with van der Waals surface area (Å²) in [6.45, 7) is 5.24. The molecule has 0 aliphatic rings. The third kappa shape index (κ3) is 3.89. The molecule has 0 aromatic heterocycles. The van der Waals surface area contributed by atoms with E-state index in [4.69, 9.17) is 16.5 Å². The standard InChI is InChI=1S/C24H22ClNO4/c1-14-10-11-19(17-8-6-5-7-9-17)22(30-4)21(14)26(25)23(27)20-15(2)12-18(24(28)29)13-16(20)3/h5-13H,1-4H3,(H,28,29). The number of hydrogen-bond donors (Lipinski definition) is 1. The van der Waals surface area contributed by atoms with E-state index in [0.29, 0.717) is 28.1 Å². The van der Waals surface area contributed by atoms with E-state index < -0.39 is 11.9 Å². The maximum atomic E-state index is 13.3. The first-order valence-electron chi connectivity index (χ1n) is 9.34. The molecule has 0 aliphatic carbocycles.